The molecule has 0 spiro atoms. The van der Waals surface area contributed by atoms with Crippen molar-refractivity contribution in [2.75, 3.05) is 27.2 Å². The van der Waals surface area contributed by atoms with Gasteiger partial charge in [0.2, 0.25) is 5.91 Å². The van der Waals surface area contributed by atoms with Gasteiger partial charge in [0.1, 0.15) is 0 Å². The van der Waals surface area contributed by atoms with Crippen LogP contribution in [0.3, 0.4) is 0 Å². The van der Waals surface area contributed by atoms with Crippen molar-refractivity contribution in [1.29, 1.82) is 0 Å². The van der Waals surface area contributed by atoms with Gasteiger partial charge in [-0.15, -0.1) is 0 Å². The first-order valence-electron chi connectivity index (χ1n) is 6.64. The second-order valence-electron chi connectivity index (χ2n) is 5.62. The number of likely N-dealkylation sites (tertiary alicyclic amines) is 1. The maximum atomic E-state index is 12.0. The summed E-state index contributed by atoms with van der Waals surface area (Å²) in [5, 5.41) is 0. The molecule has 0 aromatic heterocycles. The molecule has 0 aromatic rings. The molecular formula is C13H27N3O. The second kappa shape index (κ2) is 6.36. The lowest BCUT2D eigenvalue weighted by Gasteiger charge is -2.36. The van der Waals surface area contributed by atoms with Crippen molar-refractivity contribution in [3.63, 3.8) is 0 Å². The van der Waals surface area contributed by atoms with E-state index in [9.17, 15) is 4.79 Å². The molecule has 2 unspecified atom stereocenters. The van der Waals surface area contributed by atoms with E-state index in [2.05, 4.69) is 11.9 Å². The van der Waals surface area contributed by atoms with Crippen LogP contribution in [0.25, 0.3) is 0 Å². The second-order valence-corrected chi connectivity index (χ2v) is 5.62. The number of rotatable bonds is 4. The highest BCUT2D eigenvalue weighted by Gasteiger charge is 2.25. The molecule has 1 rings (SSSR count). The first-order chi connectivity index (χ1) is 7.93. The molecule has 1 saturated heterocycles. The Balaban J connectivity index is 2.47. The summed E-state index contributed by atoms with van der Waals surface area (Å²) in [4.78, 5) is 16.2. The Morgan fingerprint density at radius 1 is 1.47 bits per heavy atom. The van der Waals surface area contributed by atoms with E-state index in [0.29, 0.717) is 6.04 Å². The van der Waals surface area contributed by atoms with Crippen molar-refractivity contribution in [3.8, 4) is 0 Å². The van der Waals surface area contributed by atoms with Crippen LogP contribution in [0.4, 0.5) is 0 Å². The summed E-state index contributed by atoms with van der Waals surface area (Å²) >= 11 is 0. The molecule has 1 heterocycles. The number of nitrogens with zero attached hydrogens (tertiary/aromatic N) is 2. The van der Waals surface area contributed by atoms with Crippen LogP contribution >= 0.6 is 0 Å². The minimum atomic E-state index is -0.367. The zero-order valence-corrected chi connectivity index (χ0v) is 11.6. The van der Waals surface area contributed by atoms with Crippen molar-refractivity contribution in [3.05, 3.63) is 0 Å². The minimum absolute atomic E-state index is 0.0685. The Bertz CT molecular complexity index is 255. The van der Waals surface area contributed by atoms with Gasteiger partial charge < -0.3 is 15.5 Å². The summed E-state index contributed by atoms with van der Waals surface area (Å²) in [5.74, 6) is 0.271. The fraction of sp³-hybridized carbons (Fsp3) is 0.923. The van der Waals surface area contributed by atoms with Crippen molar-refractivity contribution in [1.82, 2.24) is 9.80 Å². The Morgan fingerprint density at radius 2 is 2.12 bits per heavy atom. The van der Waals surface area contributed by atoms with Gasteiger partial charge in [0.15, 0.2) is 0 Å². The summed E-state index contributed by atoms with van der Waals surface area (Å²) in [6, 6.07) is 0.131. The van der Waals surface area contributed by atoms with Gasteiger partial charge in [-0.05, 0) is 32.4 Å². The quantitative estimate of drug-likeness (QED) is 0.796. The molecule has 2 N–H and O–H groups in total. The van der Waals surface area contributed by atoms with Gasteiger partial charge in [0.25, 0.3) is 0 Å². The van der Waals surface area contributed by atoms with Gasteiger partial charge in [-0.25, -0.2) is 0 Å². The lowest BCUT2D eigenvalue weighted by molar-refractivity contribution is -0.133. The normalized spacial score (nSPS) is 23.8. The first kappa shape index (κ1) is 14.5. The predicted molar refractivity (Wildman–Crippen MR) is 70.7 cm³/mol. The molecule has 1 fully saturated rings. The molecule has 0 aliphatic carbocycles. The lowest BCUT2D eigenvalue weighted by Crippen LogP contribution is -2.50. The van der Waals surface area contributed by atoms with Gasteiger partial charge in [0, 0.05) is 19.6 Å². The number of piperidine rings is 1. The fourth-order valence-electron chi connectivity index (χ4n) is 2.32. The summed E-state index contributed by atoms with van der Waals surface area (Å²) < 4.78 is 0. The highest BCUT2D eigenvalue weighted by molar-refractivity contribution is 5.81. The van der Waals surface area contributed by atoms with E-state index in [4.69, 9.17) is 5.73 Å². The smallest absolute Gasteiger partial charge is 0.239 e. The zero-order valence-electron chi connectivity index (χ0n) is 11.6. The van der Waals surface area contributed by atoms with Gasteiger partial charge in [-0.3, -0.25) is 4.79 Å². The van der Waals surface area contributed by atoms with Crippen LogP contribution in [0, 0.1) is 5.92 Å². The van der Waals surface area contributed by atoms with Crippen LogP contribution in [0.1, 0.15) is 33.1 Å². The number of amides is 1. The SMILES string of the molecule is CC(C)C(N)C(=O)N(C)CC1CCCCN1C. The highest BCUT2D eigenvalue weighted by Crippen LogP contribution is 2.16. The maximum Gasteiger partial charge on any atom is 0.239 e. The molecule has 100 valence electrons. The largest absolute Gasteiger partial charge is 0.343 e. The Labute approximate surface area is 105 Å². The van der Waals surface area contributed by atoms with E-state index in [0.717, 1.165) is 13.1 Å². The Kier molecular flexibility index (Phi) is 5.40. The average molecular weight is 241 g/mol. The third-order valence-electron chi connectivity index (χ3n) is 3.79. The van der Waals surface area contributed by atoms with E-state index in [1.165, 1.54) is 19.3 Å². The molecule has 1 amide bonds. The highest BCUT2D eigenvalue weighted by atomic mass is 16.2. The van der Waals surface area contributed by atoms with E-state index in [-0.39, 0.29) is 17.9 Å². The molecule has 0 bridgehead atoms. The van der Waals surface area contributed by atoms with Crippen LogP contribution in [-0.4, -0.2) is 55.0 Å². The predicted octanol–water partition coefficient (Wildman–Crippen LogP) is 0.912. The van der Waals surface area contributed by atoms with Crippen LogP contribution in [-0.2, 0) is 4.79 Å². The molecule has 0 aromatic carbocycles. The topological polar surface area (TPSA) is 49.6 Å². The Morgan fingerprint density at radius 3 is 2.65 bits per heavy atom. The van der Waals surface area contributed by atoms with Crippen molar-refractivity contribution < 1.29 is 4.79 Å². The summed E-state index contributed by atoms with van der Waals surface area (Å²) in [5.41, 5.74) is 5.90. The monoisotopic (exact) mass is 241 g/mol. The third kappa shape index (κ3) is 3.96. The van der Waals surface area contributed by atoms with Gasteiger partial charge in [-0.1, -0.05) is 20.3 Å². The number of hydrogen-bond donors (Lipinski definition) is 1. The van der Waals surface area contributed by atoms with Crippen LogP contribution in [0.5, 0.6) is 0 Å². The van der Waals surface area contributed by atoms with Crippen molar-refractivity contribution >= 4 is 5.91 Å². The van der Waals surface area contributed by atoms with E-state index < -0.39 is 0 Å². The number of carbonyl (C=O) groups is 1. The van der Waals surface area contributed by atoms with Crippen molar-refractivity contribution in [2.45, 2.75) is 45.2 Å². The molecule has 17 heavy (non-hydrogen) atoms. The minimum Gasteiger partial charge on any atom is -0.343 e. The number of hydrogen-bond acceptors (Lipinski definition) is 3. The molecule has 1 aliphatic rings. The van der Waals surface area contributed by atoms with Gasteiger partial charge in [-0.2, -0.15) is 0 Å². The molecule has 0 saturated carbocycles. The summed E-state index contributed by atoms with van der Waals surface area (Å²) in [7, 11) is 4.01. The number of nitrogens with two attached hydrogens (primary N) is 1. The average Bonchev–Trinajstić information content (AvgIpc) is 2.30. The molecule has 0 radical (unpaired) electrons. The van der Waals surface area contributed by atoms with Gasteiger partial charge in [0.05, 0.1) is 6.04 Å². The first-order valence-corrected chi connectivity index (χ1v) is 6.64. The van der Waals surface area contributed by atoms with Crippen LogP contribution in [0.2, 0.25) is 0 Å². The summed E-state index contributed by atoms with van der Waals surface area (Å²) in [6.07, 6.45) is 3.73. The van der Waals surface area contributed by atoms with Gasteiger partial charge >= 0.3 is 0 Å². The number of carbonyl (C=O) groups excluding carboxylic acids is 1. The maximum absolute atomic E-state index is 12.0. The van der Waals surface area contributed by atoms with Crippen LogP contribution < -0.4 is 5.73 Å². The molecule has 1 aliphatic heterocycles. The fourth-order valence-corrected chi connectivity index (χ4v) is 2.32. The molecular weight excluding hydrogens is 214 g/mol. The number of likely N-dealkylation sites (N-methyl/N-ethyl adjacent to an activating group) is 2. The third-order valence-corrected chi connectivity index (χ3v) is 3.79. The van der Waals surface area contributed by atoms with Crippen molar-refractivity contribution in [2.24, 2.45) is 11.7 Å². The summed E-state index contributed by atoms with van der Waals surface area (Å²) in [6.45, 7) is 5.92. The molecule has 4 heteroatoms. The van der Waals surface area contributed by atoms with E-state index >= 15 is 0 Å². The lowest BCUT2D eigenvalue weighted by atomic mass is 10.0. The Hall–Kier alpha value is -0.610. The van der Waals surface area contributed by atoms with E-state index in [1.54, 1.807) is 4.90 Å². The standard InChI is InChI=1S/C13H27N3O/c1-10(2)12(14)13(17)16(4)9-11-7-5-6-8-15(11)3/h10-12H,5-9,14H2,1-4H3. The van der Waals surface area contributed by atoms with E-state index in [1.807, 2.05) is 20.9 Å². The van der Waals surface area contributed by atoms with Crippen LogP contribution in [0.15, 0.2) is 0 Å². The molecule has 4 nitrogen and oxygen atoms in total. The molecule has 2 atom stereocenters. The zero-order chi connectivity index (χ0) is 13.0.